The summed E-state index contributed by atoms with van der Waals surface area (Å²) in [7, 11) is 0. The van der Waals surface area contributed by atoms with Crippen LogP contribution in [0.5, 0.6) is 0 Å². The maximum Gasteiger partial charge on any atom is 0.247 e. The number of thioether (sulfide) groups is 1. The van der Waals surface area contributed by atoms with E-state index in [0.717, 1.165) is 28.5 Å². The van der Waals surface area contributed by atoms with Crippen LogP contribution in [0.25, 0.3) is 22.8 Å². The first kappa shape index (κ1) is 19.9. The first-order chi connectivity index (χ1) is 15.3. The minimum Gasteiger partial charge on any atom is -0.420 e. The van der Waals surface area contributed by atoms with Crippen LogP contribution in [0.3, 0.4) is 0 Å². The maximum atomic E-state index is 5.88. The Balaban J connectivity index is 1.41. The standard InChI is InChI=1S/C23H24N6OS/c1-16-8-5-6-12-19(16)29-21(18-11-7-13-24-14-18)26-28-23(29)31-15-20-25-27-22(30-20)17-9-3-2-4-10-17/h2-4,7,9-11,13-14,16,19H,5-6,8,12,15H2,1H3/t16-,19-/m1/s1. The number of pyridine rings is 1. The number of hydrogen-bond acceptors (Lipinski definition) is 7. The average molecular weight is 433 g/mol. The van der Waals surface area contributed by atoms with Gasteiger partial charge in [-0.1, -0.05) is 49.7 Å². The first-order valence-corrected chi connectivity index (χ1v) is 11.6. The predicted octanol–water partition coefficient (Wildman–Crippen LogP) is 5.43. The summed E-state index contributed by atoms with van der Waals surface area (Å²) < 4.78 is 8.18. The van der Waals surface area contributed by atoms with Crippen molar-refractivity contribution in [1.29, 1.82) is 0 Å². The molecule has 1 aliphatic rings. The molecule has 1 saturated carbocycles. The maximum absolute atomic E-state index is 5.88. The highest BCUT2D eigenvalue weighted by Gasteiger charge is 2.29. The Hall–Kier alpha value is -3.00. The molecule has 0 bridgehead atoms. The van der Waals surface area contributed by atoms with Crippen LogP contribution in [-0.2, 0) is 5.75 Å². The van der Waals surface area contributed by atoms with Crippen molar-refractivity contribution >= 4 is 11.8 Å². The van der Waals surface area contributed by atoms with Crippen molar-refractivity contribution in [2.75, 3.05) is 0 Å². The zero-order chi connectivity index (χ0) is 21.0. The fourth-order valence-electron chi connectivity index (χ4n) is 4.18. The van der Waals surface area contributed by atoms with Gasteiger partial charge in [0.2, 0.25) is 11.8 Å². The molecule has 7 nitrogen and oxygen atoms in total. The highest BCUT2D eigenvalue weighted by molar-refractivity contribution is 7.98. The minimum absolute atomic E-state index is 0.379. The third kappa shape index (κ3) is 4.25. The van der Waals surface area contributed by atoms with Crippen LogP contribution in [0.1, 0.15) is 44.5 Å². The molecule has 1 fully saturated rings. The summed E-state index contributed by atoms with van der Waals surface area (Å²) >= 11 is 1.59. The molecule has 0 unspecified atom stereocenters. The second-order valence-corrected chi connectivity index (χ2v) is 8.85. The Morgan fingerprint density at radius 1 is 0.968 bits per heavy atom. The molecule has 2 atom stereocenters. The van der Waals surface area contributed by atoms with Gasteiger partial charge in [0.15, 0.2) is 11.0 Å². The van der Waals surface area contributed by atoms with Gasteiger partial charge >= 0.3 is 0 Å². The zero-order valence-electron chi connectivity index (χ0n) is 17.4. The highest BCUT2D eigenvalue weighted by Crippen LogP contribution is 2.39. The van der Waals surface area contributed by atoms with Crippen LogP contribution in [0.15, 0.2) is 64.4 Å². The summed E-state index contributed by atoms with van der Waals surface area (Å²) in [5, 5.41) is 18.4. The molecule has 1 aliphatic carbocycles. The number of nitrogens with zero attached hydrogens (tertiary/aromatic N) is 6. The fourth-order valence-corrected chi connectivity index (χ4v) is 5.01. The van der Waals surface area contributed by atoms with Crippen molar-refractivity contribution in [3.05, 3.63) is 60.7 Å². The molecule has 8 heteroatoms. The van der Waals surface area contributed by atoms with E-state index in [2.05, 4.69) is 36.9 Å². The minimum atomic E-state index is 0.379. The fraction of sp³-hybridized carbons (Fsp3) is 0.348. The van der Waals surface area contributed by atoms with Gasteiger partial charge in [-0.3, -0.25) is 9.55 Å². The van der Waals surface area contributed by atoms with E-state index in [1.54, 1.807) is 18.0 Å². The van der Waals surface area contributed by atoms with Crippen molar-refractivity contribution in [3.63, 3.8) is 0 Å². The summed E-state index contributed by atoms with van der Waals surface area (Å²) in [5.74, 6) is 3.12. The van der Waals surface area contributed by atoms with E-state index in [1.807, 2.05) is 48.7 Å². The summed E-state index contributed by atoms with van der Waals surface area (Å²) in [6.07, 6.45) is 8.51. The summed E-state index contributed by atoms with van der Waals surface area (Å²) in [6.45, 7) is 2.33. The molecule has 0 amide bonds. The normalized spacial score (nSPS) is 18.9. The van der Waals surface area contributed by atoms with Crippen LogP contribution in [0.2, 0.25) is 0 Å². The number of hydrogen-bond donors (Lipinski definition) is 0. The van der Waals surface area contributed by atoms with Crippen LogP contribution in [0.4, 0.5) is 0 Å². The first-order valence-electron chi connectivity index (χ1n) is 10.7. The Bertz CT molecular complexity index is 1130. The van der Waals surface area contributed by atoms with Gasteiger partial charge in [-0.05, 0) is 43.0 Å². The van der Waals surface area contributed by atoms with Gasteiger partial charge in [0.05, 0.1) is 5.75 Å². The van der Waals surface area contributed by atoms with Gasteiger partial charge < -0.3 is 4.42 Å². The molecule has 4 aromatic rings. The molecule has 3 aromatic heterocycles. The van der Waals surface area contributed by atoms with Crippen molar-refractivity contribution < 1.29 is 4.42 Å². The average Bonchev–Trinajstić information content (AvgIpc) is 3.46. The van der Waals surface area contributed by atoms with Gasteiger partial charge in [-0.25, -0.2) is 0 Å². The van der Waals surface area contributed by atoms with Gasteiger partial charge in [0, 0.05) is 29.6 Å². The summed E-state index contributed by atoms with van der Waals surface area (Å²) in [6, 6.07) is 14.2. The molecule has 5 rings (SSSR count). The SMILES string of the molecule is C[C@@H]1CCCC[C@H]1n1c(SCc2nnc(-c3ccccc3)o2)nnc1-c1cccnc1. The quantitative estimate of drug-likeness (QED) is 0.375. The molecular formula is C23H24N6OS. The number of benzene rings is 1. The Morgan fingerprint density at radius 3 is 2.61 bits per heavy atom. The number of aromatic nitrogens is 6. The summed E-state index contributed by atoms with van der Waals surface area (Å²) in [4.78, 5) is 4.28. The molecule has 31 heavy (non-hydrogen) atoms. The van der Waals surface area contributed by atoms with Crippen molar-refractivity contribution in [1.82, 2.24) is 29.9 Å². The van der Waals surface area contributed by atoms with Crippen LogP contribution >= 0.6 is 11.8 Å². The van der Waals surface area contributed by atoms with Gasteiger partial charge in [0.25, 0.3) is 0 Å². The highest BCUT2D eigenvalue weighted by atomic mass is 32.2. The third-order valence-corrected chi connectivity index (χ3v) is 6.72. The largest absolute Gasteiger partial charge is 0.420 e. The third-order valence-electron chi connectivity index (χ3n) is 5.79. The van der Waals surface area contributed by atoms with E-state index in [0.29, 0.717) is 29.5 Å². The van der Waals surface area contributed by atoms with E-state index in [9.17, 15) is 0 Å². The van der Waals surface area contributed by atoms with Crippen molar-refractivity contribution in [3.8, 4) is 22.8 Å². The van der Waals surface area contributed by atoms with Gasteiger partial charge in [-0.15, -0.1) is 20.4 Å². The molecule has 1 aromatic carbocycles. The Labute approximate surface area is 185 Å². The summed E-state index contributed by atoms with van der Waals surface area (Å²) in [5.41, 5.74) is 1.91. The van der Waals surface area contributed by atoms with E-state index in [1.165, 1.54) is 19.3 Å². The zero-order valence-corrected chi connectivity index (χ0v) is 18.2. The molecule has 0 saturated heterocycles. The molecule has 3 heterocycles. The second-order valence-electron chi connectivity index (χ2n) is 7.90. The molecule has 158 valence electrons. The Morgan fingerprint density at radius 2 is 1.81 bits per heavy atom. The van der Waals surface area contributed by atoms with Crippen LogP contribution < -0.4 is 0 Å². The monoisotopic (exact) mass is 432 g/mol. The lowest BCUT2D eigenvalue weighted by Gasteiger charge is -2.31. The lowest BCUT2D eigenvalue weighted by atomic mass is 9.85. The van der Waals surface area contributed by atoms with E-state index in [4.69, 9.17) is 4.42 Å². The van der Waals surface area contributed by atoms with Crippen LogP contribution in [-0.4, -0.2) is 29.9 Å². The van der Waals surface area contributed by atoms with E-state index >= 15 is 0 Å². The van der Waals surface area contributed by atoms with Gasteiger partial charge in [0.1, 0.15) is 0 Å². The molecule has 0 spiro atoms. The van der Waals surface area contributed by atoms with Crippen LogP contribution in [0, 0.1) is 5.92 Å². The molecular weight excluding hydrogens is 408 g/mol. The topological polar surface area (TPSA) is 82.5 Å². The van der Waals surface area contributed by atoms with Gasteiger partial charge in [-0.2, -0.15) is 0 Å². The molecule has 0 aliphatic heterocycles. The Kier molecular flexibility index (Phi) is 5.80. The predicted molar refractivity (Wildman–Crippen MR) is 119 cm³/mol. The van der Waals surface area contributed by atoms with E-state index < -0.39 is 0 Å². The van der Waals surface area contributed by atoms with Crippen molar-refractivity contribution in [2.45, 2.75) is 49.6 Å². The number of rotatable bonds is 6. The molecule has 0 radical (unpaired) electrons. The second kappa shape index (κ2) is 9.01. The lowest BCUT2D eigenvalue weighted by Crippen LogP contribution is -2.22. The lowest BCUT2D eigenvalue weighted by molar-refractivity contribution is 0.247. The van der Waals surface area contributed by atoms with E-state index in [-0.39, 0.29) is 0 Å². The van der Waals surface area contributed by atoms with Crippen molar-refractivity contribution in [2.24, 2.45) is 5.92 Å². The molecule has 0 N–H and O–H groups in total. The smallest absolute Gasteiger partial charge is 0.247 e.